The summed E-state index contributed by atoms with van der Waals surface area (Å²) in [5, 5.41) is 0. The van der Waals surface area contributed by atoms with Crippen LogP contribution >= 0.6 is 23.5 Å². The summed E-state index contributed by atoms with van der Waals surface area (Å²) in [4.78, 5) is 65.7. The third-order valence-corrected chi connectivity index (χ3v) is 7.43. The Morgan fingerprint density at radius 2 is 1.81 bits per heavy atom. The predicted molar refractivity (Wildman–Crippen MR) is 99.2 cm³/mol. The summed E-state index contributed by atoms with van der Waals surface area (Å²) in [7, 11) is -16.6. The van der Waals surface area contributed by atoms with Crippen molar-refractivity contribution < 1.29 is 56.0 Å². The van der Waals surface area contributed by atoms with Gasteiger partial charge in [0.05, 0.1) is 6.61 Å². The van der Waals surface area contributed by atoms with Gasteiger partial charge in [0.15, 0.2) is 0 Å². The van der Waals surface area contributed by atoms with Crippen LogP contribution in [-0.2, 0) is 36.4 Å². The molecule has 1 fully saturated rings. The van der Waals surface area contributed by atoms with Crippen LogP contribution in [0.4, 0.5) is 0 Å². The Balaban J connectivity index is 0.00000480. The van der Waals surface area contributed by atoms with Crippen molar-refractivity contribution in [3.05, 3.63) is 32.6 Å². The second-order valence-electron chi connectivity index (χ2n) is 5.90. The van der Waals surface area contributed by atoms with E-state index in [2.05, 4.69) is 23.0 Å². The van der Waals surface area contributed by atoms with Gasteiger partial charge in [-0.25, -0.2) is 24.4 Å². The molecule has 2 rings (SSSR count). The molecule has 0 amide bonds. The first-order valence-corrected chi connectivity index (χ1v) is 12.3. The Morgan fingerprint density at radius 1 is 1.19 bits per heavy atom. The van der Waals surface area contributed by atoms with E-state index < -0.39 is 59.8 Å². The number of hydrogen-bond donors (Lipinski definition) is 6. The summed E-state index contributed by atoms with van der Waals surface area (Å²) in [6.07, 6.45) is -2.03. The zero-order valence-corrected chi connectivity index (χ0v) is 20.6. The largest absolute Gasteiger partial charge is 0.490 e. The molecule has 17 nitrogen and oxygen atoms in total. The Kier molecular flexibility index (Phi) is 10.2. The minimum Gasteiger partial charge on any atom is -0.349 e. The molecule has 21 heteroatoms. The monoisotopic (exact) mass is 520 g/mol. The fourth-order valence-electron chi connectivity index (χ4n) is 2.44. The van der Waals surface area contributed by atoms with E-state index >= 15 is 0 Å². The molecule has 0 aliphatic carbocycles. The summed E-state index contributed by atoms with van der Waals surface area (Å²) < 4.78 is 51.8. The maximum atomic E-state index is 12.0. The number of phosphoric ester groups is 1. The van der Waals surface area contributed by atoms with Gasteiger partial charge < -0.3 is 24.3 Å². The summed E-state index contributed by atoms with van der Waals surface area (Å²) in [6, 6.07) is 0. The van der Waals surface area contributed by atoms with E-state index in [0.29, 0.717) is 0 Å². The van der Waals surface area contributed by atoms with Gasteiger partial charge in [-0.1, -0.05) is 0 Å². The molecule has 7 N–H and O–H groups in total. The molecule has 2 heterocycles. The summed E-state index contributed by atoms with van der Waals surface area (Å²) in [5.41, 5.74) is -1.22. The van der Waals surface area contributed by atoms with Crippen molar-refractivity contribution in [1.82, 2.24) is 9.55 Å². The van der Waals surface area contributed by atoms with Gasteiger partial charge in [0, 0.05) is 47.7 Å². The van der Waals surface area contributed by atoms with Crippen LogP contribution in [0, 0.1) is 6.92 Å². The number of rotatable bonds is 9. The number of aryl methyl sites for hydroxylation is 1. The van der Waals surface area contributed by atoms with Gasteiger partial charge in [-0.15, -0.1) is 0 Å². The van der Waals surface area contributed by atoms with E-state index in [1.807, 2.05) is 0 Å². The molecule has 5 atom stereocenters. The average Bonchev–Trinajstić information content (AvgIpc) is 2.96. The van der Waals surface area contributed by atoms with Gasteiger partial charge in [0.1, 0.15) is 18.4 Å². The van der Waals surface area contributed by atoms with E-state index in [-0.39, 0.29) is 41.5 Å². The van der Waals surface area contributed by atoms with Crippen LogP contribution in [0.3, 0.4) is 0 Å². The molecule has 1 aliphatic rings. The molecule has 1 aromatic rings. The van der Waals surface area contributed by atoms with E-state index in [9.17, 15) is 28.2 Å². The smallest absolute Gasteiger partial charge is 0.349 e. The first-order valence-electron chi connectivity index (χ1n) is 7.74. The molecular weight excluding hydrogens is 502 g/mol. The fraction of sp³-hybridized carbons (Fsp3) is 0.600. The van der Waals surface area contributed by atoms with Gasteiger partial charge in [0.25, 0.3) is 5.56 Å². The van der Waals surface area contributed by atoms with Crippen molar-refractivity contribution in [3.63, 3.8) is 0 Å². The molecule has 0 bridgehead atoms. The van der Waals surface area contributed by atoms with E-state index in [0.717, 1.165) is 4.57 Å². The molecule has 1 aliphatic heterocycles. The minimum atomic E-state index is -5.67. The third kappa shape index (κ3) is 8.68. The zero-order chi connectivity index (χ0) is 22.9. The topological polar surface area (TPSA) is 259 Å². The first-order chi connectivity index (χ1) is 13.6. The van der Waals surface area contributed by atoms with E-state index in [1.165, 1.54) is 13.1 Å². The average molecular weight is 520 g/mol. The van der Waals surface area contributed by atoms with Crippen molar-refractivity contribution in [2.45, 2.75) is 31.8 Å². The van der Waals surface area contributed by atoms with Crippen LogP contribution in [0.1, 0.15) is 18.2 Å². The van der Waals surface area contributed by atoms with Crippen LogP contribution in [0.25, 0.3) is 0 Å². The number of aromatic nitrogens is 2. The van der Waals surface area contributed by atoms with Crippen LogP contribution in [-0.4, -0.2) is 77.5 Å². The fourth-order valence-corrected chi connectivity index (χ4v) is 5.47. The van der Waals surface area contributed by atoms with Gasteiger partial charge in [-0.2, -0.15) is 8.62 Å². The molecule has 173 valence electrons. The van der Waals surface area contributed by atoms with Crippen molar-refractivity contribution in [2.24, 2.45) is 5.90 Å². The molecule has 1 aromatic heterocycles. The van der Waals surface area contributed by atoms with Gasteiger partial charge in [0.2, 0.25) is 0 Å². The second kappa shape index (κ2) is 10.9. The van der Waals surface area contributed by atoms with Gasteiger partial charge in [-0.05, 0) is 6.92 Å². The van der Waals surface area contributed by atoms with Gasteiger partial charge >= 0.3 is 29.2 Å². The number of nitrogens with zero attached hydrogens (tertiary/aromatic N) is 1. The van der Waals surface area contributed by atoms with Crippen molar-refractivity contribution in [2.75, 3.05) is 6.61 Å². The summed E-state index contributed by atoms with van der Waals surface area (Å²) >= 11 is 0. The van der Waals surface area contributed by atoms with Crippen molar-refractivity contribution >= 4 is 53.0 Å². The molecule has 1 saturated heterocycles. The van der Waals surface area contributed by atoms with Gasteiger partial charge in [-0.3, -0.25) is 23.7 Å². The molecule has 31 heavy (non-hydrogen) atoms. The molecular formula is C10H18N3NaO14P3. The molecule has 0 saturated carbocycles. The van der Waals surface area contributed by atoms with Crippen molar-refractivity contribution in [1.29, 1.82) is 0 Å². The molecule has 0 spiro atoms. The number of H-pyrrole nitrogens is 1. The molecule has 5 unspecified atom stereocenters. The van der Waals surface area contributed by atoms with Crippen LogP contribution in [0.5, 0.6) is 0 Å². The summed E-state index contributed by atoms with van der Waals surface area (Å²) in [5.74, 6) is 5.13. The number of aromatic amines is 1. The quantitative estimate of drug-likeness (QED) is 0.121. The zero-order valence-electron chi connectivity index (χ0n) is 16.0. The number of nitrogens with one attached hydrogen (secondary N) is 1. The van der Waals surface area contributed by atoms with Crippen molar-refractivity contribution in [3.8, 4) is 0 Å². The summed E-state index contributed by atoms with van der Waals surface area (Å²) in [6.45, 7) is 0.618. The number of hydrogen-bond acceptors (Lipinski definition) is 11. The number of ether oxygens (including phenoxy) is 1. The van der Waals surface area contributed by atoms with Crippen LogP contribution < -0.4 is 17.1 Å². The van der Waals surface area contributed by atoms with E-state index in [1.54, 1.807) is 0 Å². The minimum absolute atomic E-state index is 0. The predicted octanol–water partition coefficient (Wildman–Crippen LogP) is -1.65. The third-order valence-electron chi connectivity index (χ3n) is 3.63. The Morgan fingerprint density at radius 3 is 2.35 bits per heavy atom. The Labute approximate surface area is 195 Å². The SMILES string of the molecule is Cc1cn(C2CC(ON)C(COP(=O)(O)OP(=O)(O)OP(=O)(O)O)O2)c(=O)[nH]c1=O.[Na]. The van der Waals surface area contributed by atoms with Crippen LogP contribution in [0.2, 0.25) is 0 Å². The van der Waals surface area contributed by atoms with E-state index in [4.69, 9.17) is 25.3 Å². The maximum absolute atomic E-state index is 12.0. The number of phosphoric acid groups is 3. The molecule has 1 radical (unpaired) electrons. The molecule has 0 aromatic carbocycles. The number of nitrogens with two attached hydrogens (primary N) is 1. The Bertz CT molecular complexity index is 1040. The Hall–Kier alpha value is -0.0300. The maximum Gasteiger partial charge on any atom is 0.490 e. The standard InChI is InChI=1S/C10H18N3O14P3.Na/c1-5-3-13(10(15)12-9(5)14)8-2-6(25-11)7(24-8)4-23-29(19,20)27-30(21,22)26-28(16,17)18;/h3,6-8H,2,4,11H2,1H3,(H,19,20)(H,21,22)(H,12,14,15)(H2,16,17,18);. The first kappa shape index (κ1) is 29.0. The second-order valence-corrected chi connectivity index (χ2v) is 10.3. The normalized spacial score (nSPS) is 25.4. The van der Waals surface area contributed by atoms with Crippen LogP contribution in [0.15, 0.2) is 15.8 Å².